The Hall–Kier alpha value is -0.610. The molecule has 2 rings (SSSR count). The van der Waals surface area contributed by atoms with E-state index in [1.165, 1.54) is 19.3 Å². The summed E-state index contributed by atoms with van der Waals surface area (Å²) in [7, 11) is 7.65. The third-order valence-electron chi connectivity index (χ3n) is 5.78. The third kappa shape index (κ3) is 8.02. The minimum atomic E-state index is 0. The molecular weight excluding hydrogens is 469 g/mol. The van der Waals surface area contributed by atoms with Crippen molar-refractivity contribution in [3.05, 3.63) is 0 Å². The van der Waals surface area contributed by atoms with Gasteiger partial charge in [-0.1, -0.05) is 0 Å². The summed E-state index contributed by atoms with van der Waals surface area (Å²) in [5, 5.41) is 3.48. The van der Waals surface area contributed by atoms with E-state index in [1.54, 1.807) is 4.90 Å². The van der Waals surface area contributed by atoms with Crippen molar-refractivity contribution in [2.45, 2.75) is 44.6 Å². The second-order valence-corrected chi connectivity index (χ2v) is 8.02. The molecule has 0 bridgehead atoms. The Morgan fingerprint density at radius 3 is 2.57 bits per heavy atom. The molecule has 0 aromatic rings. The Balaban J connectivity index is 0.00000392. The van der Waals surface area contributed by atoms with Gasteiger partial charge in [-0.2, -0.15) is 0 Å². The Labute approximate surface area is 188 Å². The van der Waals surface area contributed by atoms with Crippen LogP contribution in [0.4, 0.5) is 0 Å². The van der Waals surface area contributed by atoms with Crippen LogP contribution < -0.4 is 5.32 Å². The molecule has 1 atom stereocenters. The van der Waals surface area contributed by atoms with Crippen molar-refractivity contribution >= 4 is 35.8 Å². The molecule has 2 fully saturated rings. The quantitative estimate of drug-likeness (QED) is 0.234. The number of likely N-dealkylation sites (N-methyl/N-ethyl adjacent to an activating group) is 1. The van der Waals surface area contributed by atoms with Crippen molar-refractivity contribution in [2.24, 2.45) is 10.9 Å². The van der Waals surface area contributed by atoms with Crippen molar-refractivity contribution < 1.29 is 9.53 Å². The zero-order chi connectivity index (χ0) is 19.6. The molecule has 1 amide bonds. The number of amides is 1. The van der Waals surface area contributed by atoms with Crippen molar-refractivity contribution in [3.8, 4) is 0 Å². The van der Waals surface area contributed by atoms with Gasteiger partial charge in [0.05, 0.1) is 6.04 Å². The Kier molecular flexibility index (Phi) is 12.3. The SMILES string of the molecule is CN=C(NCCCN1CCCC1C(=O)N(C)C)N(C)CCC1CCOCC1.I. The maximum Gasteiger partial charge on any atom is 0.239 e. The van der Waals surface area contributed by atoms with Gasteiger partial charge in [0.2, 0.25) is 5.91 Å². The van der Waals surface area contributed by atoms with Gasteiger partial charge in [0.25, 0.3) is 0 Å². The van der Waals surface area contributed by atoms with Gasteiger partial charge in [-0.15, -0.1) is 24.0 Å². The number of aliphatic imine (C=N–C) groups is 1. The molecular formula is C20H40IN5O2. The number of guanidine groups is 1. The fourth-order valence-electron chi connectivity index (χ4n) is 4.06. The van der Waals surface area contributed by atoms with E-state index >= 15 is 0 Å². The van der Waals surface area contributed by atoms with Crippen LogP contribution in [-0.4, -0.2) is 100 Å². The molecule has 2 aliphatic rings. The lowest BCUT2D eigenvalue weighted by Gasteiger charge is -2.28. The first kappa shape index (κ1) is 25.4. The molecule has 2 aliphatic heterocycles. The molecule has 1 unspecified atom stereocenters. The van der Waals surface area contributed by atoms with Crippen LogP contribution in [0, 0.1) is 5.92 Å². The normalized spacial score (nSPS) is 21.3. The zero-order valence-electron chi connectivity index (χ0n) is 18.2. The number of hydrogen-bond acceptors (Lipinski definition) is 4. The Morgan fingerprint density at radius 1 is 1.21 bits per heavy atom. The molecule has 0 saturated carbocycles. The summed E-state index contributed by atoms with van der Waals surface area (Å²) in [5.74, 6) is 1.98. The predicted octanol–water partition coefficient (Wildman–Crippen LogP) is 1.87. The van der Waals surface area contributed by atoms with E-state index in [4.69, 9.17) is 4.74 Å². The van der Waals surface area contributed by atoms with Crippen LogP contribution in [0.2, 0.25) is 0 Å². The number of carbonyl (C=O) groups excluding carboxylic acids is 1. The van der Waals surface area contributed by atoms with Gasteiger partial charge in [-0.3, -0.25) is 14.7 Å². The summed E-state index contributed by atoms with van der Waals surface area (Å²) in [6.07, 6.45) is 6.69. The standard InChI is InChI=1S/C20H39N5O2.HI/c1-21-20(24(4)14-8-17-9-15-27-16-10-17)22-11-6-13-25-12-5-7-18(25)19(26)23(2)3;/h17-18H,5-16H2,1-4H3,(H,21,22);1H. The highest BCUT2D eigenvalue weighted by molar-refractivity contribution is 14.0. The summed E-state index contributed by atoms with van der Waals surface area (Å²) >= 11 is 0. The van der Waals surface area contributed by atoms with E-state index < -0.39 is 0 Å². The van der Waals surface area contributed by atoms with Gasteiger partial charge in [0, 0.05) is 61.0 Å². The number of carbonyl (C=O) groups is 1. The van der Waals surface area contributed by atoms with Crippen molar-refractivity contribution in [1.82, 2.24) is 20.0 Å². The molecule has 164 valence electrons. The summed E-state index contributed by atoms with van der Waals surface area (Å²) in [6, 6.07) is 0.0708. The van der Waals surface area contributed by atoms with Gasteiger partial charge in [-0.25, -0.2) is 0 Å². The lowest BCUT2D eigenvalue weighted by molar-refractivity contribution is -0.133. The number of rotatable bonds is 8. The van der Waals surface area contributed by atoms with E-state index in [2.05, 4.69) is 27.2 Å². The zero-order valence-corrected chi connectivity index (χ0v) is 20.5. The smallest absolute Gasteiger partial charge is 0.239 e. The molecule has 0 aliphatic carbocycles. The van der Waals surface area contributed by atoms with Gasteiger partial charge < -0.3 is 19.9 Å². The first-order valence-electron chi connectivity index (χ1n) is 10.5. The fourth-order valence-corrected chi connectivity index (χ4v) is 4.06. The number of nitrogens with zero attached hydrogens (tertiary/aromatic N) is 4. The van der Waals surface area contributed by atoms with Crippen LogP contribution in [0.1, 0.15) is 38.5 Å². The molecule has 1 N–H and O–H groups in total. The minimum Gasteiger partial charge on any atom is -0.381 e. The van der Waals surface area contributed by atoms with E-state index in [0.717, 1.165) is 70.5 Å². The number of likely N-dealkylation sites (tertiary alicyclic amines) is 1. The summed E-state index contributed by atoms with van der Waals surface area (Å²) in [4.78, 5) is 23.0. The summed E-state index contributed by atoms with van der Waals surface area (Å²) < 4.78 is 5.44. The second-order valence-electron chi connectivity index (χ2n) is 8.02. The molecule has 28 heavy (non-hydrogen) atoms. The van der Waals surface area contributed by atoms with Crippen molar-refractivity contribution in [3.63, 3.8) is 0 Å². The summed E-state index contributed by atoms with van der Waals surface area (Å²) in [6.45, 7) is 5.72. The third-order valence-corrected chi connectivity index (χ3v) is 5.78. The highest BCUT2D eigenvalue weighted by atomic mass is 127. The van der Waals surface area contributed by atoms with Crippen LogP contribution >= 0.6 is 24.0 Å². The van der Waals surface area contributed by atoms with Crippen molar-refractivity contribution in [1.29, 1.82) is 0 Å². The molecule has 0 aromatic carbocycles. The van der Waals surface area contributed by atoms with E-state index in [0.29, 0.717) is 0 Å². The Bertz CT molecular complexity index is 483. The predicted molar refractivity (Wildman–Crippen MR) is 125 cm³/mol. The molecule has 0 radical (unpaired) electrons. The maximum absolute atomic E-state index is 12.3. The molecule has 7 nitrogen and oxygen atoms in total. The molecule has 2 heterocycles. The van der Waals surface area contributed by atoms with Gasteiger partial charge >= 0.3 is 0 Å². The largest absolute Gasteiger partial charge is 0.381 e. The average molecular weight is 509 g/mol. The van der Waals surface area contributed by atoms with Crippen LogP contribution in [0.3, 0.4) is 0 Å². The first-order valence-corrected chi connectivity index (χ1v) is 10.5. The first-order chi connectivity index (χ1) is 13.0. The highest BCUT2D eigenvalue weighted by Crippen LogP contribution is 2.19. The summed E-state index contributed by atoms with van der Waals surface area (Å²) in [5.41, 5.74) is 0. The maximum atomic E-state index is 12.3. The number of nitrogens with one attached hydrogen (secondary N) is 1. The fraction of sp³-hybridized carbons (Fsp3) is 0.900. The van der Waals surface area contributed by atoms with Gasteiger partial charge in [0.1, 0.15) is 0 Å². The van der Waals surface area contributed by atoms with E-state index in [1.807, 2.05) is 21.1 Å². The number of halogens is 1. The van der Waals surface area contributed by atoms with Crippen molar-refractivity contribution in [2.75, 3.05) is 67.6 Å². The monoisotopic (exact) mass is 509 g/mol. The average Bonchev–Trinajstić information content (AvgIpc) is 3.14. The van der Waals surface area contributed by atoms with Gasteiger partial charge in [0.15, 0.2) is 5.96 Å². The Morgan fingerprint density at radius 2 is 1.93 bits per heavy atom. The molecule has 8 heteroatoms. The van der Waals surface area contributed by atoms with Crippen LogP contribution in [0.25, 0.3) is 0 Å². The lowest BCUT2D eigenvalue weighted by Crippen LogP contribution is -2.44. The minimum absolute atomic E-state index is 0. The van der Waals surface area contributed by atoms with Crippen LogP contribution in [0.5, 0.6) is 0 Å². The lowest BCUT2D eigenvalue weighted by atomic mass is 9.96. The molecule has 0 aromatic heterocycles. The molecule has 2 saturated heterocycles. The van der Waals surface area contributed by atoms with Crippen LogP contribution in [0.15, 0.2) is 4.99 Å². The molecule has 0 spiro atoms. The number of hydrogen-bond donors (Lipinski definition) is 1. The van der Waals surface area contributed by atoms with Gasteiger partial charge in [-0.05, 0) is 51.0 Å². The van der Waals surface area contributed by atoms with Crippen LogP contribution in [-0.2, 0) is 9.53 Å². The number of ether oxygens (including phenoxy) is 1. The highest BCUT2D eigenvalue weighted by Gasteiger charge is 2.31. The second kappa shape index (κ2) is 13.6. The van der Waals surface area contributed by atoms with E-state index in [9.17, 15) is 4.79 Å². The van der Waals surface area contributed by atoms with E-state index in [-0.39, 0.29) is 35.9 Å². The topological polar surface area (TPSA) is 60.4 Å².